The summed E-state index contributed by atoms with van der Waals surface area (Å²) < 4.78 is 7.99. The van der Waals surface area contributed by atoms with Crippen LogP contribution in [0.4, 0.5) is 0 Å². The highest BCUT2D eigenvalue weighted by Gasteiger charge is 2.21. The molecule has 2 heterocycles. The van der Waals surface area contributed by atoms with Crippen molar-refractivity contribution < 1.29 is 9.53 Å². The predicted octanol–water partition coefficient (Wildman–Crippen LogP) is 4.24. The number of nitrogens with one attached hydrogen (secondary N) is 1. The minimum atomic E-state index is -0.0441. The molecule has 1 aromatic heterocycles. The molecule has 1 aliphatic rings. The van der Waals surface area contributed by atoms with Crippen LogP contribution in [0, 0.1) is 0 Å². The van der Waals surface area contributed by atoms with Crippen molar-refractivity contribution in [1.29, 1.82) is 0 Å². The van der Waals surface area contributed by atoms with E-state index in [4.69, 9.17) is 9.72 Å². The van der Waals surface area contributed by atoms with Crippen molar-refractivity contribution >= 4 is 16.9 Å². The molecule has 27 heavy (non-hydrogen) atoms. The van der Waals surface area contributed by atoms with Gasteiger partial charge in [-0.15, -0.1) is 0 Å². The Morgan fingerprint density at radius 2 is 1.67 bits per heavy atom. The predicted molar refractivity (Wildman–Crippen MR) is 104 cm³/mol. The maximum absolute atomic E-state index is 12.3. The van der Waals surface area contributed by atoms with E-state index in [2.05, 4.69) is 9.88 Å². The maximum Gasteiger partial charge on any atom is 0.253 e. The molecule has 0 atom stereocenters. The highest BCUT2D eigenvalue weighted by Crippen LogP contribution is 2.30. The summed E-state index contributed by atoms with van der Waals surface area (Å²) in [4.78, 5) is 17.1. The third-order valence-electron chi connectivity index (χ3n) is 4.72. The van der Waals surface area contributed by atoms with Crippen LogP contribution in [-0.2, 0) is 6.54 Å². The van der Waals surface area contributed by atoms with Crippen LogP contribution < -0.4 is 10.1 Å². The Morgan fingerprint density at radius 1 is 0.889 bits per heavy atom. The van der Waals surface area contributed by atoms with E-state index in [0.29, 0.717) is 18.7 Å². The van der Waals surface area contributed by atoms with E-state index in [1.54, 1.807) is 0 Å². The van der Waals surface area contributed by atoms with Gasteiger partial charge in [-0.05, 0) is 48.5 Å². The first-order chi connectivity index (χ1) is 13.3. The van der Waals surface area contributed by atoms with Crippen molar-refractivity contribution in [3.63, 3.8) is 0 Å². The molecule has 0 radical (unpaired) electrons. The Balaban J connectivity index is 1.55. The van der Waals surface area contributed by atoms with Crippen LogP contribution in [-0.4, -0.2) is 22.0 Å². The Morgan fingerprint density at radius 3 is 2.48 bits per heavy atom. The van der Waals surface area contributed by atoms with Gasteiger partial charge in [-0.1, -0.05) is 24.3 Å². The Labute approximate surface area is 156 Å². The molecule has 5 nitrogen and oxygen atoms in total. The zero-order valence-corrected chi connectivity index (χ0v) is 14.6. The topological polar surface area (TPSA) is 56.2 Å². The molecule has 5 rings (SSSR count). The molecule has 1 N–H and O–H groups in total. The standard InChI is InChI=1S/C22H17N3O2/c26-22-18-7-4-8-19-20(18)25(14-13-23-22)21(24-19)15-9-11-17(12-10-15)27-16-5-2-1-3-6-16/h1-12H,13-14H2,(H,23,26). The summed E-state index contributed by atoms with van der Waals surface area (Å²) in [6.07, 6.45) is 0. The van der Waals surface area contributed by atoms with Gasteiger partial charge in [0.25, 0.3) is 5.91 Å². The van der Waals surface area contributed by atoms with Crippen LogP contribution in [0.5, 0.6) is 11.5 Å². The van der Waals surface area contributed by atoms with E-state index < -0.39 is 0 Å². The average molecular weight is 355 g/mol. The van der Waals surface area contributed by atoms with Crippen molar-refractivity contribution in [2.45, 2.75) is 6.54 Å². The number of hydrogen-bond acceptors (Lipinski definition) is 3. The molecule has 3 aromatic carbocycles. The lowest BCUT2D eigenvalue weighted by Crippen LogP contribution is -2.24. The molecule has 4 aromatic rings. The molecule has 1 aliphatic heterocycles. The molecule has 1 amide bonds. The van der Waals surface area contributed by atoms with Crippen LogP contribution in [0.15, 0.2) is 72.8 Å². The molecule has 0 spiro atoms. The quantitative estimate of drug-likeness (QED) is 0.598. The summed E-state index contributed by atoms with van der Waals surface area (Å²) in [6, 6.07) is 23.3. The van der Waals surface area contributed by atoms with Crippen molar-refractivity contribution in [3.05, 3.63) is 78.4 Å². The van der Waals surface area contributed by atoms with Crippen LogP contribution in [0.2, 0.25) is 0 Å². The molecular formula is C22H17N3O2. The van der Waals surface area contributed by atoms with Gasteiger partial charge in [-0.25, -0.2) is 4.98 Å². The van der Waals surface area contributed by atoms with Gasteiger partial charge in [0.05, 0.1) is 16.6 Å². The first-order valence-corrected chi connectivity index (χ1v) is 8.90. The van der Waals surface area contributed by atoms with E-state index in [9.17, 15) is 4.79 Å². The molecule has 0 unspecified atom stereocenters. The van der Waals surface area contributed by atoms with Gasteiger partial charge in [0.1, 0.15) is 17.3 Å². The SMILES string of the molecule is O=C1NCCn2c(-c3ccc(Oc4ccccc4)cc3)nc3cccc1c32. The van der Waals surface area contributed by atoms with Crippen LogP contribution in [0.25, 0.3) is 22.4 Å². The molecule has 0 bridgehead atoms. The smallest absolute Gasteiger partial charge is 0.253 e. The molecular weight excluding hydrogens is 338 g/mol. The minimum Gasteiger partial charge on any atom is -0.457 e. The second kappa shape index (κ2) is 6.29. The maximum atomic E-state index is 12.3. The zero-order valence-electron chi connectivity index (χ0n) is 14.6. The fraction of sp³-hybridized carbons (Fsp3) is 0.0909. The van der Waals surface area contributed by atoms with Gasteiger partial charge in [0, 0.05) is 18.7 Å². The largest absolute Gasteiger partial charge is 0.457 e. The number of carbonyl (C=O) groups excluding carboxylic acids is 1. The van der Waals surface area contributed by atoms with Crippen LogP contribution >= 0.6 is 0 Å². The van der Waals surface area contributed by atoms with Crippen LogP contribution in [0.3, 0.4) is 0 Å². The Bertz CT molecular complexity index is 1130. The molecule has 0 aliphatic carbocycles. The van der Waals surface area contributed by atoms with Crippen molar-refractivity contribution in [2.24, 2.45) is 0 Å². The minimum absolute atomic E-state index is 0.0441. The second-order valence-corrected chi connectivity index (χ2v) is 6.46. The highest BCUT2D eigenvalue weighted by atomic mass is 16.5. The van der Waals surface area contributed by atoms with E-state index in [1.807, 2.05) is 72.8 Å². The Hall–Kier alpha value is -3.60. The lowest BCUT2D eigenvalue weighted by Gasteiger charge is -2.09. The van der Waals surface area contributed by atoms with Crippen molar-refractivity contribution in [2.75, 3.05) is 6.54 Å². The number of imidazole rings is 1. The number of hydrogen-bond donors (Lipinski definition) is 1. The molecule has 5 heteroatoms. The number of nitrogens with zero attached hydrogens (tertiary/aromatic N) is 2. The van der Waals surface area contributed by atoms with Gasteiger partial charge in [0.15, 0.2) is 0 Å². The van der Waals surface area contributed by atoms with Gasteiger partial charge in [-0.2, -0.15) is 0 Å². The van der Waals surface area contributed by atoms with Gasteiger partial charge in [-0.3, -0.25) is 4.79 Å². The number of benzene rings is 3. The van der Waals surface area contributed by atoms with Gasteiger partial charge >= 0.3 is 0 Å². The zero-order chi connectivity index (χ0) is 18.2. The van der Waals surface area contributed by atoms with E-state index in [-0.39, 0.29) is 5.91 Å². The lowest BCUT2D eigenvalue weighted by atomic mass is 10.1. The third-order valence-corrected chi connectivity index (χ3v) is 4.72. The summed E-state index contributed by atoms with van der Waals surface area (Å²) in [5.41, 5.74) is 3.40. The summed E-state index contributed by atoms with van der Waals surface area (Å²) in [5.74, 6) is 2.39. The van der Waals surface area contributed by atoms with Gasteiger partial charge in [0.2, 0.25) is 0 Å². The summed E-state index contributed by atoms with van der Waals surface area (Å²) in [7, 11) is 0. The summed E-state index contributed by atoms with van der Waals surface area (Å²) in [6.45, 7) is 1.28. The second-order valence-electron chi connectivity index (χ2n) is 6.46. The number of para-hydroxylation sites is 2. The van der Waals surface area contributed by atoms with E-state index in [0.717, 1.165) is 33.9 Å². The average Bonchev–Trinajstić information content (AvgIpc) is 2.99. The summed E-state index contributed by atoms with van der Waals surface area (Å²) in [5, 5.41) is 2.95. The number of carbonyl (C=O) groups is 1. The summed E-state index contributed by atoms with van der Waals surface area (Å²) >= 11 is 0. The lowest BCUT2D eigenvalue weighted by molar-refractivity contribution is 0.0956. The van der Waals surface area contributed by atoms with Crippen LogP contribution in [0.1, 0.15) is 10.4 Å². The fourth-order valence-corrected chi connectivity index (χ4v) is 3.48. The normalized spacial score (nSPS) is 13.3. The van der Waals surface area contributed by atoms with Crippen molar-refractivity contribution in [3.8, 4) is 22.9 Å². The molecule has 0 saturated carbocycles. The number of amides is 1. The molecule has 132 valence electrons. The number of rotatable bonds is 3. The molecule has 0 fully saturated rings. The third kappa shape index (κ3) is 2.73. The number of ether oxygens (including phenoxy) is 1. The number of aromatic nitrogens is 2. The van der Waals surface area contributed by atoms with Crippen molar-refractivity contribution in [1.82, 2.24) is 14.9 Å². The Kier molecular flexibility index (Phi) is 3.64. The fourth-order valence-electron chi connectivity index (χ4n) is 3.48. The highest BCUT2D eigenvalue weighted by molar-refractivity contribution is 6.06. The van der Waals surface area contributed by atoms with Gasteiger partial charge < -0.3 is 14.6 Å². The van der Waals surface area contributed by atoms with E-state index in [1.165, 1.54) is 0 Å². The molecule has 0 saturated heterocycles. The first kappa shape index (κ1) is 15.6. The monoisotopic (exact) mass is 355 g/mol. The van der Waals surface area contributed by atoms with E-state index >= 15 is 0 Å². The first-order valence-electron chi connectivity index (χ1n) is 8.90.